The molecule has 2 aromatic carbocycles. The number of aryl methyl sites for hydroxylation is 1. The molecule has 0 spiro atoms. The standard InChI is InChI=1S/C21H24ClNO3/c1-15-6-7-16(12-19(15)25-2)20(24)23-14-21(8-10-26-11-9-21)17-4-3-5-18(22)13-17/h3-7,12-13H,8-11,14H2,1-2H3,(H,23,24). The van der Waals surface area contributed by atoms with Crippen LogP contribution in [0.1, 0.15) is 34.3 Å². The summed E-state index contributed by atoms with van der Waals surface area (Å²) in [5.74, 6) is 0.615. The fraction of sp³-hybridized carbons (Fsp3) is 0.381. The Hall–Kier alpha value is -2.04. The van der Waals surface area contributed by atoms with Gasteiger partial charge in [-0.3, -0.25) is 4.79 Å². The molecule has 0 atom stereocenters. The maximum Gasteiger partial charge on any atom is 0.251 e. The largest absolute Gasteiger partial charge is 0.496 e. The Balaban J connectivity index is 1.79. The molecule has 4 nitrogen and oxygen atoms in total. The zero-order valence-electron chi connectivity index (χ0n) is 15.2. The Morgan fingerprint density at radius 2 is 2.00 bits per heavy atom. The van der Waals surface area contributed by atoms with Crippen molar-refractivity contribution in [2.24, 2.45) is 0 Å². The van der Waals surface area contributed by atoms with Gasteiger partial charge in [0.05, 0.1) is 7.11 Å². The number of amides is 1. The number of carbonyl (C=O) groups excluding carboxylic acids is 1. The first-order chi connectivity index (χ1) is 12.5. The fourth-order valence-electron chi connectivity index (χ4n) is 3.46. The quantitative estimate of drug-likeness (QED) is 0.857. The van der Waals surface area contributed by atoms with Gasteiger partial charge in [0.25, 0.3) is 5.91 Å². The Bertz CT molecular complexity index is 785. The van der Waals surface area contributed by atoms with Gasteiger partial charge in [-0.25, -0.2) is 0 Å². The molecule has 0 bridgehead atoms. The van der Waals surface area contributed by atoms with E-state index in [1.54, 1.807) is 13.2 Å². The summed E-state index contributed by atoms with van der Waals surface area (Å²) in [4.78, 5) is 12.7. The first kappa shape index (κ1) is 18.7. The van der Waals surface area contributed by atoms with Crippen molar-refractivity contribution in [1.29, 1.82) is 0 Å². The van der Waals surface area contributed by atoms with E-state index in [2.05, 4.69) is 11.4 Å². The molecule has 1 amide bonds. The second kappa shape index (κ2) is 8.11. The third-order valence-electron chi connectivity index (χ3n) is 5.14. The summed E-state index contributed by atoms with van der Waals surface area (Å²) in [5, 5.41) is 3.82. The average molecular weight is 374 g/mol. The van der Waals surface area contributed by atoms with Crippen molar-refractivity contribution < 1.29 is 14.3 Å². The van der Waals surface area contributed by atoms with Gasteiger partial charge >= 0.3 is 0 Å². The molecule has 0 saturated carbocycles. The molecule has 1 aliphatic rings. The molecular weight excluding hydrogens is 350 g/mol. The minimum absolute atomic E-state index is 0.101. The molecule has 2 aromatic rings. The summed E-state index contributed by atoms with van der Waals surface area (Å²) in [5.41, 5.74) is 2.59. The number of halogens is 1. The smallest absolute Gasteiger partial charge is 0.251 e. The molecule has 0 radical (unpaired) electrons. The van der Waals surface area contributed by atoms with Gasteiger partial charge in [-0.1, -0.05) is 29.8 Å². The van der Waals surface area contributed by atoms with Crippen molar-refractivity contribution in [3.63, 3.8) is 0 Å². The molecule has 1 saturated heterocycles. The lowest BCUT2D eigenvalue weighted by molar-refractivity contribution is 0.0487. The van der Waals surface area contributed by atoms with Crippen LogP contribution in [0.4, 0.5) is 0 Å². The monoisotopic (exact) mass is 373 g/mol. The van der Waals surface area contributed by atoms with Crippen molar-refractivity contribution in [3.8, 4) is 5.75 Å². The number of hydrogen-bond donors (Lipinski definition) is 1. The first-order valence-electron chi connectivity index (χ1n) is 8.81. The first-order valence-corrected chi connectivity index (χ1v) is 9.18. The van der Waals surface area contributed by atoms with Crippen LogP contribution in [0.15, 0.2) is 42.5 Å². The number of nitrogens with one attached hydrogen (secondary N) is 1. The Kier molecular flexibility index (Phi) is 5.84. The van der Waals surface area contributed by atoms with Gasteiger partial charge in [0.1, 0.15) is 5.75 Å². The molecule has 138 valence electrons. The second-order valence-electron chi connectivity index (χ2n) is 6.77. The van der Waals surface area contributed by atoms with Crippen molar-refractivity contribution in [2.45, 2.75) is 25.2 Å². The lowest BCUT2D eigenvalue weighted by Gasteiger charge is -2.38. The predicted molar refractivity (Wildman–Crippen MR) is 103 cm³/mol. The van der Waals surface area contributed by atoms with E-state index < -0.39 is 0 Å². The molecule has 5 heteroatoms. The summed E-state index contributed by atoms with van der Waals surface area (Å²) >= 11 is 6.20. The van der Waals surface area contributed by atoms with Crippen LogP contribution in [0.5, 0.6) is 5.75 Å². The summed E-state index contributed by atoms with van der Waals surface area (Å²) < 4.78 is 10.9. The van der Waals surface area contributed by atoms with Crippen LogP contribution in [0.25, 0.3) is 0 Å². The van der Waals surface area contributed by atoms with E-state index in [0.717, 1.165) is 24.0 Å². The van der Waals surface area contributed by atoms with Gasteiger partial charge < -0.3 is 14.8 Å². The fourth-order valence-corrected chi connectivity index (χ4v) is 3.65. The van der Waals surface area contributed by atoms with Crippen LogP contribution in [-0.4, -0.2) is 32.8 Å². The van der Waals surface area contributed by atoms with E-state index >= 15 is 0 Å². The van der Waals surface area contributed by atoms with Crippen LogP contribution < -0.4 is 10.1 Å². The van der Waals surface area contributed by atoms with Gasteiger partial charge in [0.15, 0.2) is 0 Å². The third kappa shape index (κ3) is 4.02. The van der Waals surface area contributed by atoms with E-state index in [9.17, 15) is 4.79 Å². The zero-order valence-corrected chi connectivity index (χ0v) is 15.9. The van der Waals surface area contributed by atoms with Crippen molar-refractivity contribution >= 4 is 17.5 Å². The van der Waals surface area contributed by atoms with Crippen molar-refractivity contribution in [2.75, 3.05) is 26.9 Å². The van der Waals surface area contributed by atoms with E-state index in [1.165, 1.54) is 0 Å². The molecule has 26 heavy (non-hydrogen) atoms. The summed E-state index contributed by atoms with van der Waals surface area (Å²) in [6, 6.07) is 13.4. The molecule has 0 aliphatic carbocycles. The summed E-state index contributed by atoms with van der Waals surface area (Å²) in [6.07, 6.45) is 1.70. The number of hydrogen-bond acceptors (Lipinski definition) is 3. The third-order valence-corrected chi connectivity index (χ3v) is 5.38. The highest BCUT2D eigenvalue weighted by atomic mass is 35.5. The van der Waals surface area contributed by atoms with Gasteiger partial charge in [0, 0.05) is 35.8 Å². The van der Waals surface area contributed by atoms with Gasteiger partial charge in [-0.15, -0.1) is 0 Å². The number of carbonyl (C=O) groups is 1. The number of methoxy groups -OCH3 is 1. The number of benzene rings is 2. The SMILES string of the molecule is COc1cc(C(=O)NCC2(c3cccc(Cl)c3)CCOCC2)ccc1C. The molecule has 1 heterocycles. The van der Waals surface area contributed by atoms with Gasteiger partial charge in [-0.05, 0) is 55.2 Å². The summed E-state index contributed by atoms with van der Waals surface area (Å²) in [6.45, 7) is 3.86. The second-order valence-corrected chi connectivity index (χ2v) is 7.21. The predicted octanol–water partition coefficient (Wildman–Crippen LogP) is 4.14. The molecule has 1 N–H and O–H groups in total. The average Bonchev–Trinajstić information content (AvgIpc) is 2.67. The highest BCUT2D eigenvalue weighted by Crippen LogP contribution is 2.35. The lowest BCUT2D eigenvalue weighted by atomic mass is 9.74. The zero-order chi connectivity index (χ0) is 18.6. The molecule has 0 unspecified atom stereocenters. The van der Waals surface area contributed by atoms with Gasteiger partial charge in [-0.2, -0.15) is 0 Å². The van der Waals surface area contributed by atoms with E-state index in [1.807, 2.05) is 37.3 Å². The molecular formula is C21H24ClNO3. The maximum atomic E-state index is 12.7. The lowest BCUT2D eigenvalue weighted by Crippen LogP contribution is -2.44. The van der Waals surface area contributed by atoms with Crippen LogP contribution in [0.3, 0.4) is 0 Å². The molecule has 1 fully saturated rings. The topological polar surface area (TPSA) is 47.6 Å². The normalized spacial score (nSPS) is 16.1. The van der Waals surface area contributed by atoms with E-state index in [-0.39, 0.29) is 11.3 Å². The van der Waals surface area contributed by atoms with Crippen LogP contribution in [0.2, 0.25) is 5.02 Å². The Labute approximate surface area is 159 Å². The van der Waals surface area contributed by atoms with Crippen molar-refractivity contribution in [3.05, 3.63) is 64.2 Å². The van der Waals surface area contributed by atoms with Crippen molar-refractivity contribution in [1.82, 2.24) is 5.32 Å². The number of rotatable bonds is 5. The number of ether oxygens (including phenoxy) is 2. The van der Waals surface area contributed by atoms with E-state index in [0.29, 0.717) is 36.1 Å². The highest BCUT2D eigenvalue weighted by Gasteiger charge is 2.35. The molecule has 0 aromatic heterocycles. The Morgan fingerprint density at radius 3 is 2.69 bits per heavy atom. The minimum atomic E-state index is -0.159. The molecule has 3 rings (SSSR count). The van der Waals surface area contributed by atoms with Crippen LogP contribution in [0, 0.1) is 6.92 Å². The van der Waals surface area contributed by atoms with Crippen LogP contribution >= 0.6 is 11.6 Å². The Morgan fingerprint density at radius 1 is 1.23 bits per heavy atom. The van der Waals surface area contributed by atoms with Gasteiger partial charge in [0.2, 0.25) is 0 Å². The maximum absolute atomic E-state index is 12.7. The van der Waals surface area contributed by atoms with Crippen LogP contribution in [-0.2, 0) is 10.2 Å². The van der Waals surface area contributed by atoms with E-state index in [4.69, 9.17) is 21.1 Å². The summed E-state index contributed by atoms with van der Waals surface area (Å²) in [7, 11) is 1.61. The minimum Gasteiger partial charge on any atom is -0.496 e. The highest BCUT2D eigenvalue weighted by molar-refractivity contribution is 6.30. The molecule has 1 aliphatic heterocycles.